The summed E-state index contributed by atoms with van der Waals surface area (Å²) in [4.78, 5) is 17.0. The average Bonchev–Trinajstić information content (AvgIpc) is 3.16. The van der Waals surface area contributed by atoms with Gasteiger partial charge in [0.25, 0.3) is 0 Å². The minimum Gasteiger partial charge on any atom is -0.349 e. The fraction of sp³-hybridized carbons (Fsp3) is 0.273. The zero-order valence-electron chi connectivity index (χ0n) is 17.9. The van der Waals surface area contributed by atoms with Crippen molar-refractivity contribution in [3.63, 3.8) is 0 Å². The summed E-state index contributed by atoms with van der Waals surface area (Å²) in [5, 5.41) is 3.66. The monoisotopic (exact) mass is 458 g/mol. The molecule has 0 radical (unpaired) electrons. The van der Waals surface area contributed by atoms with Gasteiger partial charge >= 0.3 is 0 Å². The second kappa shape index (κ2) is 9.57. The lowest BCUT2D eigenvalue weighted by Crippen LogP contribution is -2.29. The van der Waals surface area contributed by atoms with Gasteiger partial charge in [-0.05, 0) is 49.6 Å². The standard InChI is InChI=1S/C22H26N4O3S2/c1-15-8-7-11-20(16(15)2)26-13-12-23-22(26)30-14-21(27)24-17(3)18-9-5-6-10-19(18)25-31(4,28)29/h5-13,17,25H,14H2,1-4H3,(H,24,27). The molecule has 3 rings (SSSR count). The van der Waals surface area contributed by atoms with E-state index in [0.29, 0.717) is 11.3 Å². The first-order chi connectivity index (χ1) is 14.7. The number of carbonyl (C=O) groups excluding carboxylic acids is 1. The zero-order chi connectivity index (χ0) is 22.6. The number of nitrogens with one attached hydrogen (secondary N) is 2. The van der Waals surface area contributed by atoms with Crippen LogP contribution in [0.15, 0.2) is 60.0 Å². The van der Waals surface area contributed by atoms with Crippen molar-refractivity contribution in [2.75, 3.05) is 16.7 Å². The number of para-hydroxylation sites is 1. The highest BCUT2D eigenvalue weighted by Crippen LogP contribution is 2.26. The zero-order valence-corrected chi connectivity index (χ0v) is 19.5. The Morgan fingerprint density at radius 1 is 1.16 bits per heavy atom. The molecular formula is C22H26N4O3S2. The van der Waals surface area contributed by atoms with Gasteiger partial charge in [-0.3, -0.25) is 14.1 Å². The van der Waals surface area contributed by atoms with Gasteiger partial charge in [0.1, 0.15) is 0 Å². The van der Waals surface area contributed by atoms with Crippen molar-refractivity contribution in [2.45, 2.75) is 32.0 Å². The minimum atomic E-state index is -3.42. The Bertz CT molecular complexity index is 1190. The predicted octanol–water partition coefficient (Wildman–Crippen LogP) is 3.83. The maximum Gasteiger partial charge on any atom is 0.230 e. The quantitative estimate of drug-likeness (QED) is 0.501. The maximum absolute atomic E-state index is 12.6. The fourth-order valence-corrected chi connectivity index (χ4v) is 4.60. The molecule has 1 atom stereocenters. The molecule has 0 saturated carbocycles. The van der Waals surface area contributed by atoms with Gasteiger partial charge in [0, 0.05) is 12.4 Å². The first kappa shape index (κ1) is 22.9. The maximum atomic E-state index is 12.6. The lowest BCUT2D eigenvalue weighted by molar-refractivity contribution is -0.119. The number of imidazole rings is 1. The average molecular weight is 459 g/mol. The highest BCUT2D eigenvalue weighted by atomic mass is 32.2. The van der Waals surface area contributed by atoms with Gasteiger partial charge in [0.15, 0.2) is 5.16 Å². The Hall–Kier alpha value is -2.78. The number of hydrogen-bond acceptors (Lipinski definition) is 5. The fourth-order valence-electron chi connectivity index (χ4n) is 3.23. The van der Waals surface area contributed by atoms with Crippen LogP contribution in [0.25, 0.3) is 5.69 Å². The lowest BCUT2D eigenvalue weighted by atomic mass is 10.1. The van der Waals surface area contributed by atoms with Crippen LogP contribution in [-0.2, 0) is 14.8 Å². The molecule has 1 aromatic heterocycles. The highest BCUT2D eigenvalue weighted by molar-refractivity contribution is 7.99. The molecule has 2 aromatic carbocycles. The Morgan fingerprint density at radius 2 is 1.90 bits per heavy atom. The van der Waals surface area contributed by atoms with Gasteiger partial charge in [0.2, 0.25) is 15.9 Å². The lowest BCUT2D eigenvalue weighted by Gasteiger charge is -2.18. The van der Waals surface area contributed by atoms with Crippen molar-refractivity contribution in [3.05, 3.63) is 71.5 Å². The highest BCUT2D eigenvalue weighted by Gasteiger charge is 2.16. The number of thioether (sulfide) groups is 1. The largest absolute Gasteiger partial charge is 0.349 e. The molecule has 164 valence electrons. The van der Waals surface area contributed by atoms with Crippen LogP contribution in [0.2, 0.25) is 0 Å². The molecule has 1 heterocycles. The van der Waals surface area contributed by atoms with Crippen molar-refractivity contribution in [1.29, 1.82) is 0 Å². The van der Waals surface area contributed by atoms with Gasteiger partial charge in [-0.15, -0.1) is 0 Å². The van der Waals surface area contributed by atoms with Crippen molar-refractivity contribution >= 4 is 33.4 Å². The summed E-state index contributed by atoms with van der Waals surface area (Å²) in [6.07, 6.45) is 4.71. The topological polar surface area (TPSA) is 93.1 Å². The van der Waals surface area contributed by atoms with Crippen molar-refractivity contribution in [1.82, 2.24) is 14.9 Å². The van der Waals surface area contributed by atoms with Crippen LogP contribution in [0.4, 0.5) is 5.69 Å². The molecule has 1 unspecified atom stereocenters. The number of carbonyl (C=O) groups is 1. The number of nitrogens with zero attached hydrogens (tertiary/aromatic N) is 2. The van der Waals surface area contributed by atoms with Crippen LogP contribution >= 0.6 is 11.8 Å². The van der Waals surface area contributed by atoms with Crippen LogP contribution in [0, 0.1) is 13.8 Å². The van der Waals surface area contributed by atoms with E-state index in [-0.39, 0.29) is 17.7 Å². The molecule has 0 fully saturated rings. The minimum absolute atomic E-state index is 0.165. The Balaban J connectivity index is 1.67. The first-order valence-electron chi connectivity index (χ1n) is 9.74. The van der Waals surface area contributed by atoms with Crippen LogP contribution in [0.5, 0.6) is 0 Å². The van der Waals surface area contributed by atoms with E-state index in [9.17, 15) is 13.2 Å². The number of aromatic nitrogens is 2. The van der Waals surface area contributed by atoms with E-state index in [2.05, 4.69) is 34.9 Å². The summed E-state index contributed by atoms with van der Waals surface area (Å²) in [6.45, 7) is 5.95. The smallest absolute Gasteiger partial charge is 0.230 e. The van der Waals surface area contributed by atoms with E-state index in [0.717, 1.165) is 22.7 Å². The van der Waals surface area contributed by atoms with Crippen LogP contribution in [0.3, 0.4) is 0 Å². The van der Waals surface area contributed by atoms with Crippen LogP contribution in [-0.4, -0.2) is 35.9 Å². The molecule has 31 heavy (non-hydrogen) atoms. The molecule has 0 bridgehead atoms. The summed E-state index contributed by atoms with van der Waals surface area (Å²) in [5.74, 6) is 0.0237. The normalized spacial score (nSPS) is 12.4. The summed E-state index contributed by atoms with van der Waals surface area (Å²) in [6, 6.07) is 12.7. The second-order valence-corrected chi connectivity index (χ2v) is 10.0. The number of aryl methyl sites for hydroxylation is 1. The van der Waals surface area contributed by atoms with Gasteiger partial charge in [-0.25, -0.2) is 13.4 Å². The molecule has 2 N–H and O–H groups in total. The molecule has 0 aliphatic rings. The summed E-state index contributed by atoms with van der Waals surface area (Å²) < 4.78 is 27.7. The number of benzene rings is 2. The summed E-state index contributed by atoms with van der Waals surface area (Å²) in [5.41, 5.74) is 4.54. The van der Waals surface area contributed by atoms with Gasteiger partial charge < -0.3 is 5.32 Å². The number of sulfonamides is 1. The molecule has 0 saturated heterocycles. The Labute approximate surface area is 187 Å². The van der Waals surface area contributed by atoms with Crippen molar-refractivity contribution in [3.8, 4) is 5.69 Å². The first-order valence-corrected chi connectivity index (χ1v) is 12.6. The van der Waals surface area contributed by atoms with Gasteiger partial charge in [0.05, 0.1) is 29.4 Å². The molecule has 0 aliphatic carbocycles. The summed E-state index contributed by atoms with van der Waals surface area (Å²) >= 11 is 1.35. The Kier molecular flexibility index (Phi) is 7.07. The number of anilines is 1. The number of rotatable bonds is 8. The third-order valence-electron chi connectivity index (χ3n) is 4.87. The molecule has 0 spiro atoms. The molecule has 0 aliphatic heterocycles. The number of amides is 1. The van der Waals surface area contributed by atoms with Crippen LogP contribution in [0.1, 0.15) is 29.7 Å². The third-order valence-corrected chi connectivity index (χ3v) is 6.43. The number of hydrogen-bond donors (Lipinski definition) is 2. The van der Waals surface area contributed by atoms with E-state index < -0.39 is 10.0 Å². The summed E-state index contributed by atoms with van der Waals surface area (Å²) in [7, 11) is -3.42. The molecule has 9 heteroatoms. The third kappa shape index (κ3) is 5.89. The molecule has 7 nitrogen and oxygen atoms in total. The van der Waals surface area contributed by atoms with E-state index in [1.165, 1.54) is 17.3 Å². The molecule has 1 amide bonds. The molecule has 3 aromatic rings. The van der Waals surface area contributed by atoms with Crippen LogP contribution < -0.4 is 10.0 Å². The van der Waals surface area contributed by atoms with Crippen molar-refractivity contribution in [2.24, 2.45) is 0 Å². The second-order valence-electron chi connectivity index (χ2n) is 7.34. The van der Waals surface area contributed by atoms with Gasteiger partial charge in [-0.2, -0.15) is 0 Å². The Morgan fingerprint density at radius 3 is 2.65 bits per heavy atom. The predicted molar refractivity (Wildman–Crippen MR) is 125 cm³/mol. The SMILES string of the molecule is Cc1cccc(-n2ccnc2SCC(=O)NC(C)c2ccccc2NS(C)(=O)=O)c1C. The van der Waals surface area contributed by atoms with E-state index in [1.54, 1.807) is 30.5 Å². The molecular weight excluding hydrogens is 432 g/mol. The van der Waals surface area contributed by atoms with E-state index >= 15 is 0 Å². The van der Waals surface area contributed by atoms with E-state index in [1.807, 2.05) is 29.8 Å². The van der Waals surface area contributed by atoms with Gasteiger partial charge in [-0.1, -0.05) is 42.1 Å². The van der Waals surface area contributed by atoms with Crippen molar-refractivity contribution < 1.29 is 13.2 Å². The van der Waals surface area contributed by atoms with E-state index in [4.69, 9.17) is 0 Å².